The van der Waals surface area contributed by atoms with Gasteiger partial charge in [-0.2, -0.15) is 5.10 Å². The lowest BCUT2D eigenvalue weighted by molar-refractivity contribution is 0.893. The van der Waals surface area contributed by atoms with Crippen molar-refractivity contribution in [2.75, 3.05) is 0 Å². The molecular weight excluding hydrogens is 220 g/mol. The van der Waals surface area contributed by atoms with E-state index in [4.69, 9.17) is 0 Å². The van der Waals surface area contributed by atoms with Gasteiger partial charge in [-0.1, -0.05) is 37.3 Å². The zero-order valence-electron chi connectivity index (χ0n) is 10.4. The van der Waals surface area contributed by atoms with Gasteiger partial charge in [0.1, 0.15) is 0 Å². The average Bonchev–Trinajstić information content (AvgIpc) is 2.78. The van der Waals surface area contributed by atoms with Crippen molar-refractivity contribution in [3.8, 4) is 0 Å². The highest BCUT2D eigenvalue weighted by molar-refractivity contribution is 5.58. The summed E-state index contributed by atoms with van der Waals surface area (Å²) in [6.45, 7) is 2.16. The number of aromatic nitrogens is 2. The van der Waals surface area contributed by atoms with Crippen LogP contribution < -0.4 is 0 Å². The van der Waals surface area contributed by atoms with Gasteiger partial charge >= 0.3 is 0 Å². The fraction of sp³-hybridized carbons (Fsp3) is 0.188. The molecule has 0 aliphatic carbocycles. The summed E-state index contributed by atoms with van der Waals surface area (Å²) in [6, 6.07) is 17.4. The van der Waals surface area contributed by atoms with Crippen LogP contribution in [0.1, 0.15) is 23.7 Å². The second-order valence-electron chi connectivity index (χ2n) is 4.39. The zero-order valence-corrected chi connectivity index (χ0v) is 10.4. The Morgan fingerprint density at radius 3 is 2.78 bits per heavy atom. The Morgan fingerprint density at radius 2 is 2.00 bits per heavy atom. The van der Waals surface area contributed by atoms with Crippen molar-refractivity contribution < 1.29 is 0 Å². The van der Waals surface area contributed by atoms with Crippen LogP contribution in [-0.2, 0) is 12.8 Å². The maximum atomic E-state index is 4.64. The van der Waals surface area contributed by atoms with Gasteiger partial charge < -0.3 is 0 Å². The lowest BCUT2D eigenvalue weighted by Gasteiger charge is -2.02. The zero-order chi connectivity index (χ0) is 12.4. The van der Waals surface area contributed by atoms with Crippen LogP contribution in [-0.4, -0.2) is 9.61 Å². The van der Waals surface area contributed by atoms with Crippen molar-refractivity contribution in [2.24, 2.45) is 0 Å². The Labute approximate surface area is 107 Å². The van der Waals surface area contributed by atoms with Crippen molar-refractivity contribution in [1.29, 1.82) is 0 Å². The molecule has 0 amide bonds. The molecule has 3 aromatic rings. The lowest BCUT2D eigenvalue weighted by atomic mass is 10.0. The van der Waals surface area contributed by atoms with Crippen LogP contribution in [0, 0.1) is 6.07 Å². The number of fused-ring (bicyclic) bond motifs is 1. The van der Waals surface area contributed by atoms with Crippen molar-refractivity contribution in [2.45, 2.75) is 19.8 Å². The maximum Gasteiger partial charge on any atom is 0.0699 e. The first-order valence-corrected chi connectivity index (χ1v) is 6.28. The van der Waals surface area contributed by atoms with Crippen LogP contribution in [0.5, 0.6) is 0 Å². The van der Waals surface area contributed by atoms with Crippen molar-refractivity contribution in [3.63, 3.8) is 0 Å². The molecule has 0 unspecified atom stereocenters. The first kappa shape index (κ1) is 11.0. The predicted octanol–water partition coefficient (Wildman–Crippen LogP) is 3.29. The molecule has 0 saturated heterocycles. The average molecular weight is 235 g/mol. The number of pyridine rings is 1. The van der Waals surface area contributed by atoms with E-state index in [2.05, 4.69) is 42.4 Å². The van der Waals surface area contributed by atoms with Crippen LogP contribution >= 0.6 is 0 Å². The molecule has 0 spiro atoms. The molecule has 89 valence electrons. The quantitative estimate of drug-likeness (QED) is 0.681. The molecule has 0 N–H and O–H groups in total. The molecule has 1 aromatic carbocycles. The van der Waals surface area contributed by atoms with Gasteiger partial charge in [0.05, 0.1) is 11.2 Å². The maximum absolute atomic E-state index is 4.64. The van der Waals surface area contributed by atoms with E-state index in [0.717, 1.165) is 12.8 Å². The summed E-state index contributed by atoms with van der Waals surface area (Å²) >= 11 is 0. The largest absolute Gasteiger partial charge is 0.240 e. The van der Waals surface area contributed by atoms with Crippen LogP contribution in [0.15, 0.2) is 48.7 Å². The molecule has 0 atom stereocenters. The molecule has 0 saturated carbocycles. The molecule has 3 rings (SSSR count). The molecule has 0 aliphatic rings. The van der Waals surface area contributed by atoms with E-state index in [9.17, 15) is 0 Å². The summed E-state index contributed by atoms with van der Waals surface area (Å²) in [5.74, 6) is 0. The number of hydrogen-bond acceptors (Lipinski definition) is 1. The van der Waals surface area contributed by atoms with Crippen LogP contribution in [0.4, 0.5) is 0 Å². The Morgan fingerprint density at radius 1 is 1.17 bits per heavy atom. The van der Waals surface area contributed by atoms with Crippen molar-refractivity contribution in [3.05, 3.63) is 71.5 Å². The van der Waals surface area contributed by atoms with Gasteiger partial charge in [0.2, 0.25) is 0 Å². The smallest absolute Gasteiger partial charge is 0.0699 e. The number of nitrogens with zero attached hydrogens (tertiary/aromatic N) is 2. The third kappa shape index (κ3) is 1.90. The lowest BCUT2D eigenvalue weighted by Crippen LogP contribution is -1.92. The monoisotopic (exact) mass is 235 g/mol. The molecule has 0 bridgehead atoms. The van der Waals surface area contributed by atoms with Gasteiger partial charge in [-0.25, -0.2) is 4.52 Å². The van der Waals surface area contributed by atoms with E-state index in [0.29, 0.717) is 0 Å². The van der Waals surface area contributed by atoms with Crippen LogP contribution in [0.2, 0.25) is 0 Å². The molecule has 0 aliphatic heterocycles. The standard InChI is InChI=1S/C16H15N2/c1-2-15-14(12-13-8-4-3-5-9-13)16-10-6-7-11-18(16)17-15/h4-11H,2,12H2,1H3. The van der Waals surface area contributed by atoms with E-state index in [1.54, 1.807) is 0 Å². The van der Waals surface area contributed by atoms with Crippen molar-refractivity contribution in [1.82, 2.24) is 9.61 Å². The second kappa shape index (κ2) is 4.65. The SMILES string of the molecule is CCc1nn2ccccc2c1Cc1cc[c]cc1. The number of hydrogen-bond donors (Lipinski definition) is 0. The Kier molecular flexibility index (Phi) is 2.85. The van der Waals surface area contributed by atoms with Gasteiger partial charge in [-0.15, -0.1) is 0 Å². The highest BCUT2D eigenvalue weighted by atomic mass is 15.2. The van der Waals surface area contributed by atoms with E-state index in [1.807, 2.05) is 28.9 Å². The molecule has 2 aromatic heterocycles. The van der Waals surface area contributed by atoms with E-state index >= 15 is 0 Å². The summed E-state index contributed by atoms with van der Waals surface area (Å²) in [5, 5.41) is 4.64. The van der Waals surface area contributed by atoms with Crippen LogP contribution in [0.25, 0.3) is 5.52 Å². The van der Waals surface area contributed by atoms with Crippen molar-refractivity contribution >= 4 is 5.52 Å². The number of rotatable bonds is 3. The Hall–Kier alpha value is -2.09. The number of benzene rings is 1. The highest BCUT2D eigenvalue weighted by Crippen LogP contribution is 2.20. The third-order valence-electron chi connectivity index (χ3n) is 3.23. The summed E-state index contributed by atoms with van der Waals surface area (Å²) < 4.78 is 1.98. The minimum Gasteiger partial charge on any atom is -0.240 e. The Balaban J connectivity index is 2.10. The normalized spacial score (nSPS) is 10.9. The minimum atomic E-state index is 0.936. The fourth-order valence-electron chi connectivity index (χ4n) is 2.32. The molecule has 1 radical (unpaired) electrons. The van der Waals surface area contributed by atoms with Gasteiger partial charge in [-0.3, -0.25) is 0 Å². The molecular formula is C16H15N2. The molecule has 2 nitrogen and oxygen atoms in total. The molecule has 2 heterocycles. The minimum absolute atomic E-state index is 0.936. The summed E-state index contributed by atoms with van der Waals surface area (Å²) in [6.07, 6.45) is 3.91. The number of aryl methyl sites for hydroxylation is 1. The third-order valence-corrected chi connectivity index (χ3v) is 3.23. The van der Waals surface area contributed by atoms with Gasteiger partial charge in [0, 0.05) is 18.2 Å². The summed E-state index contributed by atoms with van der Waals surface area (Å²) in [5.41, 5.74) is 5.04. The Bertz CT molecular complexity index is 653. The molecule has 0 fully saturated rings. The van der Waals surface area contributed by atoms with E-state index in [-0.39, 0.29) is 0 Å². The molecule has 18 heavy (non-hydrogen) atoms. The van der Waals surface area contributed by atoms with Gasteiger partial charge in [-0.05, 0) is 30.2 Å². The highest BCUT2D eigenvalue weighted by Gasteiger charge is 2.10. The first-order chi connectivity index (χ1) is 8.88. The topological polar surface area (TPSA) is 17.3 Å². The van der Waals surface area contributed by atoms with Crippen LogP contribution in [0.3, 0.4) is 0 Å². The first-order valence-electron chi connectivity index (χ1n) is 6.28. The fourth-order valence-corrected chi connectivity index (χ4v) is 2.32. The molecule has 2 heteroatoms. The summed E-state index contributed by atoms with van der Waals surface area (Å²) in [7, 11) is 0. The van der Waals surface area contributed by atoms with E-state index < -0.39 is 0 Å². The van der Waals surface area contributed by atoms with Gasteiger partial charge in [0.15, 0.2) is 0 Å². The second-order valence-corrected chi connectivity index (χ2v) is 4.39. The predicted molar refractivity (Wildman–Crippen MR) is 72.7 cm³/mol. The summed E-state index contributed by atoms with van der Waals surface area (Å²) in [4.78, 5) is 0. The van der Waals surface area contributed by atoms with E-state index in [1.165, 1.54) is 22.3 Å². The van der Waals surface area contributed by atoms with Gasteiger partial charge in [0.25, 0.3) is 0 Å².